The molecule has 10 heteroatoms. The Hall–Kier alpha value is -3.28. The van der Waals surface area contributed by atoms with Crippen LogP contribution in [0.5, 0.6) is 11.5 Å². The molecule has 0 saturated carbocycles. The Labute approximate surface area is 178 Å². The van der Waals surface area contributed by atoms with Gasteiger partial charge in [0, 0.05) is 24.6 Å². The highest BCUT2D eigenvalue weighted by atomic mass is 127. The molecule has 1 aliphatic heterocycles. The normalized spacial score (nSPS) is 14.4. The van der Waals surface area contributed by atoms with Crippen molar-refractivity contribution in [2.75, 3.05) is 7.11 Å². The van der Waals surface area contributed by atoms with Crippen LogP contribution in [0.3, 0.4) is 0 Å². The van der Waals surface area contributed by atoms with Crippen molar-refractivity contribution in [3.05, 3.63) is 66.9 Å². The topological polar surface area (TPSA) is 117 Å². The monoisotopic (exact) mass is 508 g/mol. The Balaban J connectivity index is 1.97. The number of rotatable bonds is 5. The minimum atomic E-state index is -0.690. The lowest BCUT2D eigenvalue weighted by atomic mass is 10.1. The predicted octanol–water partition coefficient (Wildman–Crippen LogP) is 3.48. The number of esters is 2. The number of carbonyl (C=O) groups excluding carboxylic acids is 2. The lowest BCUT2D eigenvalue weighted by molar-refractivity contribution is -0.384. The largest absolute Gasteiger partial charge is 0.493 e. The number of aliphatic imine (C=N–C) groups is 1. The van der Waals surface area contributed by atoms with Crippen LogP contribution >= 0.6 is 22.6 Å². The van der Waals surface area contributed by atoms with Gasteiger partial charge in [-0.25, -0.2) is 9.79 Å². The fourth-order valence-corrected chi connectivity index (χ4v) is 3.24. The Morgan fingerprint density at radius 2 is 2.07 bits per heavy atom. The molecule has 0 aromatic heterocycles. The fourth-order valence-electron chi connectivity index (χ4n) is 2.51. The van der Waals surface area contributed by atoms with Gasteiger partial charge in [-0.05, 0) is 52.4 Å². The summed E-state index contributed by atoms with van der Waals surface area (Å²) in [6, 6.07) is 8.91. The van der Waals surface area contributed by atoms with Crippen molar-refractivity contribution in [1.29, 1.82) is 0 Å². The van der Waals surface area contributed by atoms with Gasteiger partial charge in [0.25, 0.3) is 5.69 Å². The van der Waals surface area contributed by atoms with Crippen molar-refractivity contribution < 1.29 is 28.7 Å². The number of non-ortho nitro benzene ring substituents is 1. The average Bonchev–Trinajstić information content (AvgIpc) is 3.04. The van der Waals surface area contributed by atoms with Crippen LogP contribution in [-0.4, -0.2) is 29.9 Å². The molecule has 2 aromatic rings. The van der Waals surface area contributed by atoms with E-state index in [1.807, 2.05) is 22.6 Å². The van der Waals surface area contributed by atoms with E-state index in [0.717, 1.165) is 0 Å². The van der Waals surface area contributed by atoms with Gasteiger partial charge < -0.3 is 14.2 Å². The first-order chi connectivity index (χ1) is 13.8. The number of hydrogen-bond acceptors (Lipinski definition) is 8. The quantitative estimate of drug-likeness (QED) is 0.152. The smallest absolute Gasteiger partial charge is 0.363 e. The molecule has 0 bridgehead atoms. The van der Waals surface area contributed by atoms with Crippen LogP contribution in [-0.2, 0) is 14.3 Å². The minimum absolute atomic E-state index is 0.0181. The number of nitrogens with zero attached hydrogens (tertiary/aromatic N) is 2. The second kappa shape index (κ2) is 8.39. The van der Waals surface area contributed by atoms with Gasteiger partial charge in [-0.2, -0.15) is 0 Å². The molecule has 0 saturated heterocycles. The summed E-state index contributed by atoms with van der Waals surface area (Å²) < 4.78 is 16.2. The molecule has 3 rings (SSSR count). The number of nitro groups is 1. The highest BCUT2D eigenvalue weighted by molar-refractivity contribution is 14.1. The van der Waals surface area contributed by atoms with Gasteiger partial charge in [0.1, 0.15) is 0 Å². The zero-order chi connectivity index (χ0) is 21.1. The minimum Gasteiger partial charge on any atom is -0.493 e. The van der Waals surface area contributed by atoms with E-state index in [1.54, 1.807) is 18.2 Å². The average molecular weight is 508 g/mol. The molecule has 0 amide bonds. The second-order valence-corrected chi connectivity index (χ2v) is 6.93. The zero-order valence-corrected chi connectivity index (χ0v) is 17.3. The molecule has 0 N–H and O–H groups in total. The van der Waals surface area contributed by atoms with E-state index in [1.165, 1.54) is 38.3 Å². The number of benzene rings is 2. The van der Waals surface area contributed by atoms with Gasteiger partial charge in [-0.15, -0.1) is 0 Å². The molecular weight excluding hydrogens is 495 g/mol. The molecule has 1 aliphatic rings. The first-order valence-electron chi connectivity index (χ1n) is 8.12. The van der Waals surface area contributed by atoms with E-state index in [2.05, 4.69) is 4.99 Å². The molecule has 0 spiro atoms. The molecule has 2 aromatic carbocycles. The Bertz CT molecular complexity index is 1090. The molecular formula is C19H13IN2O7. The molecule has 9 nitrogen and oxygen atoms in total. The number of carbonyl (C=O) groups is 2. The molecule has 0 aliphatic carbocycles. The summed E-state index contributed by atoms with van der Waals surface area (Å²) >= 11 is 1.98. The van der Waals surface area contributed by atoms with E-state index in [4.69, 9.17) is 14.2 Å². The third-order valence-electron chi connectivity index (χ3n) is 3.73. The van der Waals surface area contributed by atoms with Crippen molar-refractivity contribution >= 4 is 52.2 Å². The molecule has 0 atom stereocenters. The van der Waals surface area contributed by atoms with Crippen LogP contribution in [0.2, 0.25) is 0 Å². The lowest BCUT2D eigenvalue weighted by Gasteiger charge is -2.11. The van der Waals surface area contributed by atoms with Crippen molar-refractivity contribution in [3.8, 4) is 11.5 Å². The maximum absolute atomic E-state index is 12.2. The van der Waals surface area contributed by atoms with Crippen molar-refractivity contribution in [2.24, 2.45) is 4.99 Å². The van der Waals surface area contributed by atoms with E-state index in [-0.39, 0.29) is 23.0 Å². The third kappa shape index (κ3) is 4.59. The molecule has 0 unspecified atom stereocenters. The van der Waals surface area contributed by atoms with Crippen LogP contribution in [0.4, 0.5) is 5.69 Å². The second-order valence-electron chi connectivity index (χ2n) is 5.77. The van der Waals surface area contributed by atoms with Gasteiger partial charge in [0.05, 0.1) is 15.6 Å². The van der Waals surface area contributed by atoms with E-state index in [0.29, 0.717) is 20.4 Å². The Kier molecular flexibility index (Phi) is 5.92. The SMILES string of the molecule is COc1cc(/C=C2/N=C(c3cccc([N+](=O)[O-])c3)OC2=O)cc(I)c1OC(C)=O. The predicted molar refractivity (Wildman–Crippen MR) is 111 cm³/mol. The highest BCUT2D eigenvalue weighted by Crippen LogP contribution is 2.35. The van der Waals surface area contributed by atoms with Gasteiger partial charge in [0.2, 0.25) is 5.90 Å². The van der Waals surface area contributed by atoms with Crippen LogP contribution in [0, 0.1) is 13.7 Å². The summed E-state index contributed by atoms with van der Waals surface area (Å²) in [6.45, 7) is 1.28. The van der Waals surface area contributed by atoms with Crippen molar-refractivity contribution in [3.63, 3.8) is 0 Å². The molecule has 0 radical (unpaired) electrons. The van der Waals surface area contributed by atoms with Crippen LogP contribution in [0.25, 0.3) is 6.08 Å². The number of cyclic esters (lactones) is 1. The van der Waals surface area contributed by atoms with E-state index >= 15 is 0 Å². The number of ether oxygens (including phenoxy) is 3. The molecule has 148 valence electrons. The van der Waals surface area contributed by atoms with Crippen molar-refractivity contribution in [1.82, 2.24) is 0 Å². The maximum atomic E-state index is 12.2. The highest BCUT2D eigenvalue weighted by Gasteiger charge is 2.25. The molecule has 29 heavy (non-hydrogen) atoms. The lowest BCUT2D eigenvalue weighted by Crippen LogP contribution is -2.06. The zero-order valence-electron chi connectivity index (χ0n) is 15.2. The molecule has 0 fully saturated rings. The summed E-state index contributed by atoms with van der Waals surface area (Å²) in [5.74, 6) is -0.615. The third-order valence-corrected chi connectivity index (χ3v) is 4.53. The van der Waals surface area contributed by atoms with E-state index < -0.39 is 16.9 Å². The van der Waals surface area contributed by atoms with Crippen molar-refractivity contribution in [2.45, 2.75) is 6.92 Å². The van der Waals surface area contributed by atoms with Gasteiger partial charge in [-0.3, -0.25) is 14.9 Å². The fraction of sp³-hybridized carbons (Fsp3) is 0.105. The number of methoxy groups -OCH3 is 1. The van der Waals surface area contributed by atoms with Crippen LogP contribution in [0.15, 0.2) is 47.1 Å². The number of nitro benzene ring substituents is 1. The summed E-state index contributed by atoms with van der Waals surface area (Å²) in [7, 11) is 1.43. The Morgan fingerprint density at radius 1 is 1.31 bits per heavy atom. The van der Waals surface area contributed by atoms with E-state index in [9.17, 15) is 19.7 Å². The number of hydrogen-bond donors (Lipinski definition) is 0. The summed E-state index contributed by atoms with van der Waals surface area (Å²) in [5.41, 5.74) is 0.759. The van der Waals surface area contributed by atoms with Gasteiger partial charge in [0.15, 0.2) is 17.2 Å². The first-order valence-corrected chi connectivity index (χ1v) is 9.19. The van der Waals surface area contributed by atoms with Gasteiger partial charge >= 0.3 is 11.9 Å². The van der Waals surface area contributed by atoms with Crippen LogP contribution in [0.1, 0.15) is 18.1 Å². The summed E-state index contributed by atoms with van der Waals surface area (Å²) in [6.07, 6.45) is 1.48. The first kappa shape index (κ1) is 20.5. The molecule has 1 heterocycles. The Morgan fingerprint density at radius 3 is 2.72 bits per heavy atom. The van der Waals surface area contributed by atoms with Crippen LogP contribution < -0.4 is 9.47 Å². The number of halogens is 1. The summed E-state index contributed by atoms with van der Waals surface area (Å²) in [4.78, 5) is 38.0. The summed E-state index contributed by atoms with van der Waals surface area (Å²) in [5, 5.41) is 10.9. The van der Waals surface area contributed by atoms with Gasteiger partial charge in [-0.1, -0.05) is 6.07 Å². The maximum Gasteiger partial charge on any atom is 0.363 e. The standard InChI is InChI=1S/C19H13IN2O7/c1-10(23)28-17-14(20)6-11(8-16(17)27-2)7-15-19(24)29-18(21-15)12-4-3-5-13(9-12)22(25)26/h3-9H,1-2H3/b15-7+.